The fourth-order valence-corrected chi connectivity index (χ4v) is 3.76. The Morgan fingerprint density at radius 2 is 2.00 bits per heavy atom. The highest BCUT2D eigenvalue weighted by atomic mass is 32.1. The summed E-state index contributed by atoms with van der Waals surface area (Å²) < 4.78 is 14.1. The van der Waals surface area contributed by atoms with Gasteiger partial charge in [0.05, 0.1) is 5.69 Å². The Hall–Kier alpha value is -1.62. The van der Waals surface area contributed by atoms with Crippen molar-refractivity contribution < 1.29 is 9.18 Å². The van der Waals surface area contributed by atoms with Crippen molar-refractivity contribution in [1.29, 1.82) is 0 Å². The van der Waals surface area contributed by atoms with Crippen molar-refractivity contribution in [1.82, 2.24) is 4.90 Å². The molecule has 1 saturated heterocycles. The first-order valence-electron chi connectivity index (χ1n) is 6.74. The molecule has 3 rings (SSSR count). The van der Waals surface area contributed by atoms with Gasteiger partial charge in [0.15, 0.2) is 0 Å². The molecule has 1 amide bonds. The molecular weight excluding hydrogens is 275 g/mol. The van der Waals surface area contributed by atoms with Crippen LogP contribution in [-0.4, -0.2) is 23.9 Å². The SMILES string of the molecule is CC1CN(C(=O)c2sc3ccc(F)cc3c2N)CC1C. The molecule has 1 fully saturated rings. The smallest absolute Gasteiger partial charge is 0.266 e. The highest BCUT2D eigenvalue weighted by Gasteiger charge is 2.31. The van der Waals surface area contributed by atoms with E-state index in [1.165, 1.54) is 23.5 Å². The average Bonchev–Trinajstić information content (AvgIpc) is 2.91. The fourth-order valence-electron chi connectivity index (χ4n) is 2.69. The number of carbonyl (C=O) groups is 1. The van der Waals surface area contributed by atoms with E-state index in [0.29, 0.717) is 27.8 Å². The second kappa shape index (κ2) is 4.74. The average molecular weight is 292 g/mol. The Labute approximate surface area is 121 Å². The first-order valence-corrected chi connectivity index (χ1v) is 7.56. The zero-order valence-electron chi connectivity index (χ0n) is 11.5. The van der Waals surface area contributed by atoms with Crippen LogP contribution in [0.25, 0.3) is 10.1 Å². The van der Waals surface area contributed by atoms with E-state index >= 15 is 0 Å². The summed E-state index contributed by atoms with van der Waals surface area (Å²) >= 11 is 1.35. The standard InChI is InChI=1S/C15H17FN2OS/c1-8-6-18(7-9(8)2)15(19)14-13(17)11-5-10(16)3-4-12(11)20-14/h3-5,8-9H,6-7,17H2,1-2H3. The maximum Gasteiger partial charge on any atom is 0.266 e. The van der Waals surface area contributed by atoms with E-state index in [1.54, 1.807) is 6.07 Å². The Balaban J connectivity index is 1.98. The molecule has 0 saturated carbocycles. The monoisotopic (exact) mass is 292 g/mol. The van der Waals surface area contributed by atoms with Crippen molar-refractivity contribution in [3.8, 4) is 0 Å². The lowest BCUT2D eigenvalue weighted by atomic mass is 10.0. The van der Waals surface area contributed by atoms with Crippen molar-refractivity contribution in [3.05, 3.63) is 28.9 Å². The Morgan fingerprint density at radius 1 is 1.35 bits per heavy atom. The highest BCUT2D eigenvalue weighted by Crippen LogP contribution is 2.36. The van der Waals surface area contributed by atoms with Crippen LogP contribution in [0.1, 0.15) is 23.5 Å². The second-order valence-electron chi connectivity index (χ2n) is 5.65. The number of hydrogen-bond acceptors (Lipinski definition) is 3. The summed E-state index contributed by atoms with van der Waals surface area (Å²) in [5, 5.41) is 0.638. The molecule has 0 spiro atoms. The predicted molar refractivity (Wildman–Crippen MR) is 80.4 cm³/mol. The molecule has 2 aromatic rings. The summed E-state index contributed by atoms with van der Waals surface area (Å²) in [6, 6.07) is 4.47. The second-order valence-corrected chi connectivity index (χ2v) is 6.70. The van der Waals surface area contributed by atoms with Gasteiger partial charge in [0.1, 0.15) is 10.7 Å². The normalized spacial score (nSPS) is 22.6. The minimum atomic E-state index is -0.329. The number of likely N-dealkylation sites (tertiary alicyclic amines) is 1. The molecule has 20 heavy (non-hydrogen) atoms. The summed E-state index contributed by atoms with van der Waals surface area (Å²) in [4.78, 5) is 15.0. The number of nitrogens with zero attached hydrogens (tertiary/aromatic N) is 1. The van der Waals surface area contributed by atoms with Gasteiger partial charge in [-0.05, 0) is 30.0 Å². The number of hydrogen-bond donors (Lipinski definition) is 1. The molecule has 2 N–H and O–H groups in total. The molecule has 5 heteroatoms. The molecular formula is C15H17FN2OS. The van der Waals surface area contributed by atoms with Gasteiger partial charge >= 0.3 is 0 Å². The molecule has 3 nitrogen and oxygen atoms in total. The number of rotatable bonds is 1. The van der Waals surface area contributed by atoms with Gasteiger partial charge in [-0.3, -0.25) is 4.79 Å². The van der Waals surface area contributed by atoms with Crippen LogP contribution in [0.3, 0.4) is 0 Å². The third-order valence-corrected chi connectivity index (χ3v) is 5.33. The van der Waals surface area contributed by atoms with Crippen LogP contribution in [-0.2, 0) is 0 Å². The number of amides is 1. The summed E-state index contributed by atoms with van der Waals surface area (Å²) in [5.41, 5.74) is 6.45. The van der Waals surface area contributed by atoms with Crippen LogP contribution < -0.4 is 5.73 Å². The van der Waals surface area contributed by atoms with E-state index < -0.39 is 0 Å². The summed E-state index contributed by atoms with van der Waals surface area (Å²) in [6.07, 6.45) is 0. The zero-order chi connectivity index (χ0) is 14.4. The van der Waals surface area contributed by atoms with Crippen LogP contribution in [0.5, 0.6) is 0 Å². The number of nitrogens with two attached hydrogens (primary N) is 1. The van der Waals surface area contributed by atoms with Gasteiger partial charge in [0.2, 0.25) is 0 Å². The largest absolute Gasteiger partial charge is 0.397 e. The Kier molecular flexibility index (Phi) is 3.17. The van der Waals surface area contributed by atoms with Gasteiger partial charge in [-0.1, -0.05) is 13.8 Å². The van der Waals surface area contributed by atoms with Gasteiger partial charge in [-0.25, -0.2) is 4.39 Å². The Morgan fingerprint density at radius 3 is 2.65 bits per heavy atom. The predicted octanol–water partition coefficient (Wildman–Crippen LogP) is 3.35. The van der Waals surface area contributed by atoms with Crippen LogP contribution in [0, 0.1) is 17.7 Å². The summed E-state index contributed by atoms with van der Waals surface area (Å²) in [7, 11) is 0. The van der Waals surface area contributed by atoms with Crippen molar-refractivity contribution in [2.75, 3.05) is 18.8 Å². The lowest BCUT2D eigenvalue weighted by molar-refractivity contribution is 0.0791. The number of thiophene rings is 1. The van der Waals surface area contributed by atoms with Gasteiger partial charge in [0, 0.05) is 23.2 Å². The van der Waals surface area contributed by atoms with Crippen molar-refractivity contribution in [2.24, 2.45) is 11.8 Å². The maximum absolute atomic E-state index is 13.3. The molecule has 0 aliphatic carbocycles. The van der Waals surface area contributed by atoms with Crippen LogP contribution in [0.15, 0.2) is 18.2 Å². The summed E-state index contributed by atoms with van der Waals surface area (Å²) in [5.74, 6) is 0.656. The lowest BCUT2D eigenvalue weighted by Gasteiger charge is -2.15. The molecule has 1 aliphatic rings. The maximum atomic E-state index is 13.3. The van der Waals surface area contributed by atoms with Gasteiger partial charge in [-0.15, -0.1) is 11.3 Å². The number of benzene rings is 1. The molecule has 2 heterocycles. The minimum absolute atomic E-state index is 0.0275. The summed E-state index contributed by atoms with van der Waals surface area (Å²) in [6.45, 7) is 5.84. The van der Waals surface area contributed by atoms with Crippen molar-refractivity contribution in [2.45, 2.75) is 13.8 Å². The third-order valence-electron chi connectivity index (χ3n) is 4.16. The number of anilines is 1. The first-order chi connectivity index (χ1) is 9.47. The molecule has 2 atom stereocenters. The number of carbonyl (C=O) groups excluding carboxylic acids is 1. The van der Waals surface area contributed by atoms with Gasteiger partial charge < -0.3 is 10.6 Å². The van der Waals surface area contributed by atoms with Crippen molar-refractivity contribution in [3.63, 3.8) is 0 Å². The van der Waals surface area contributed by atoms with Gasteiger partial charge in [-0.2, -0.15) is 0 Å². The lowest BCUT2D eigenvalue weighted by Crippen LogP contribution is -2.28. The zero-order valence-corrected chi connectivity index (χ0v) is 12.3. The molecule has 106 valence electrons. The van der Waals surface area contributed by atoms with Crippen molar-refractivity contribution >= 4 is 33.0 Å². The fraction of sp³-hybridized carbons (Fsp3) is 0.400. The molecule has 0 radical (unpaired) electrons. The van der Waals surface area contributed by atoms with Crippen LogP contribution in [0.2, 0.25) is 0 Å². The highest BCUT2D eigenvalue weighted by molar-refractivity contribution is 7.21. The molecule has 2 unspecified atom stereocenters. The quantitative estimate of drug-likeness (QED) is 0.876. The molecule has 0 bridgehead atoms. The molecule has 1 aromatic carbocycles. The van der Waals surface area contributed by atoms with E-state index in [1.807, 2.05) is 4.90 Å². The number of fused-ring (bicyclic) bond motifs is 1. The third kappa shape index (κ3) is 2.06. The van der Waals surface area contributed by atoms with Crippen LogP contribution >= 0.6 is 11.3 Å². The van der Waals surface area contributed by atoms with E-state index in [9.17, 15) is 9.18 Å². The van der Waals surface area contributed by atoms with E-state index in [4.69, 9.17) is 5.73 Å². The van der Waals surface area contributed by atoms with Gasteiger partial charge in [0.25, 0.3) is 5.91 Å². The first kappa shape index (κ1) is 13.4. The molecule has 1 aliphatic heterocycles. The minimum Gasteiger partial charge on any atom is -0.397 e. The molecule has 1 aromatic heterocycles. The van der Waals surface area contributed by atoms with Crippen LogP contribution in [0.4, 0.5) is 10.1 Å². The van der Waals surface area contributed by atoms with E-state index in [0.717, 1.165) is 17.8 Å². The Bertz CT molecular complexity index is 672. The number of halogens is 1. The van der Waals surface area contributed by atoms with E-state index in [2.05, 4.69) is 13.8 Å². The topological polar surface area (TPSA) is 46.3 Å². The number of nitrogen functional groups attached to an aromatic ring is 1. The van der Waals surface area contributed by atoms with E-state index in [-0.39, 0.29) is 11.7 Å².